The second kappa shape index (κ2) is 36.7. The number of esters is 1. The number of carbonyl (C=O) groups is 1. The van der Waals surface area contributed by atoms with Gasteiger partial charge in [0, 0.05) is 6.42 Å². The summed E-state index contributed by atoms with van der Waals surface area (Å²) in [6.45, 7) is 7.52. The molecule has 0 rings (SSSR count). The van der Waals surface area contributed by atoms with Crippen LogP contribution in [0.3, 0.4) is 0 Å². The molecular weight excluding hydrogens is 574 g/mol. The fourth-order valence-corrected chi connectivity index (χ4v) is 5.65. The second-order valence-electron chi connectivity index (χ2n) is 13.6. The molecule has 0 saturated carbocycles. The van der Waals surface area contributed by atoms with Crippen molar-refractivity contribution in [2.45, 2.75) is 181 Å². The van der Waals surface area contributed by atoms with Crippen LogP contribution in [-0.4, -0.2) is 37.6 Å². The standard InChI is InChI=1S/C44H77NO2/c1-6-8-9-10-11-12-13-14-15-16-17-21-24-27-30-33-38-43(47-44(46)40-35-41-45(4)5)39-34-31-28-25-22-19-18-20-23-26-29-32-37-42(3)36-7-2/h8-9,11-12,14-15,20,23,29,32,36,43H,6-7,10,13,16-19,21-22,24-28,30-31,33-35,37-41H2,1-5H3. The number of ether oxygens (including phenoxy) is 1. The normalized spacial score (nSPS) is 13.5. The van der Waals surface area contributed by atoms with Crippen molar-refractivity contribution in [1.29, 1.82) is 0 Å². The van der Waals surface area contributed by atoms with Crippen molar-refractivity contribution in [3.8, 4) is 0 Å². The fraction of sp³-hybridized carbons (Fsp3) is 0.705. The van der Waals surface area contributed by atoms with Crippen LogP contribution in [0.1, 0.15) is 175 Å². The molecule has 0 aliphatic rings. The summed E-state index contributed by atoms with van der Waals surface area (Å²) in [5, 5.41) is 0. The van der Waals surface area contributed by atoms with Crippen LogP contribution in [0, 0.1) is 0 Å². The SMILES string of the molecule is CCC=CCC=CCC=CCCCCCCCCC(CCCCCCCCC=CCC=CCC(C)=CCC)OC(=O)CCCN(C)C. The fourth-order valence-electron chi connectivity index (χ4n) is 5.65. The maximum atomic E-state index is 12.5. The summed E-state index contributed by atoms with van der Waals surface area (Å²) < 4.78 is 6.00. The first-order valence-corrected chi connectivity index (χ1v) is 19.7. The molecule has 0 N–H and O–H groups in total. The van der Waals surface area contributed by atoms with E-state index in [1.54, 1.807) is 0 Å². The Labute approximate surface area is 293 Å². The van der Waals surface area contributed by atoms with E-state index in [1.165, 1.54) is 95.5 Å². The molecule has 0 radical (unpaired) electrons. The molecule has 3 nitrogen and oxygen atoms in total. The minimum Gasteiger partial charge on any atom is -0.462 e. The third-order valence-corrected chi connectivity index (χ3v) is 8.46. The van der Waals surface area contributed by atoms with Crippen molar-refractivity contribution < 1.29 is 9.53 Å². The molecule has 47 heavy (non-hydrogen) atoms. The van der Waals surface area contributed by atoms with Crippen molar-refractivity contribution in [3.63, 3.8) is 0 Å². The predicted molar refractivity (Wildman–Crippen MR) is 210 cm³/mol. The van der Waals surface area contributed by atoms with Crippen LogP contribution in [0.5, 0.6) is 0 Å². The van der Waals surface area contributed by atoms with Gasteiger partial charge in [-0.2, -0.15) is 0 Å². The van der Waals surface area contributed by atoms with Crippen LogP contribution in [-0.2, 0) is 9.53 Å². The predicted octanol–water partition coefficient (Wildman–Crippen LogP) is 13.6. The van der Waals surface area contributed by atoms with E-state index in [-0.39, 0.29) is 12.1 Å². The zero-order valence-corrected chi connectivity index (χ0v) is 31.9. The Morgan fingerprint density at radius 3 is 1.55 bits per heavy atom. The summed E-state index contributed by atoms with van der Waals surface area (Å²) in [7, 11) is 4.12. The van der Waals surface area contributed by atoms with Crippen LogP contribution in [0.4, 0.5) is 0 Å². The van der Waals surface area contributed by atoms with Crippen molar-refractivity contribution >= 4 is 5.97 Å². The van der Waals surface area contributed by atoms with Gasteiger partial charge in [-0.25, -0.2) is 0 Å². The number of allylic oxidation sites excluding steroid dienone is 12. The van der Waals surface area contributed by atoms with Gasteiger partial charge in [0.05, 0.1) is 0 Å². The minimum atomic E-state index is 0.000663. The van der Waals surface area contributed by atoms with Crippen molar-refractivity contribution in [2.24, 2.45) is 0 Å². The summed E-state index contributed by atoms with van der Waals surface area (Å²) in [5.74, 6) is 0.000663. The maximum absolute atomic E-state index is 12.5. The Bertz CT molecular complexity index is 860. The summed E-state index contributed by atoms with van der Waals surface area (Å²) in [4.78, 5) is 14.7. The molecule has 0 aromatic carbocycles. The molecule has 0 amide bonds. The Balaban J connectivity index is 4.07. The van der Waals surface area contributed by atoms with Gasteiger partial charge < -0.3 is 9.64 Å². The number of hydrogen-bond acceptors (Lipinski definition) is 3. The third-order valence-electron chi connectivity index (χ3n) is 8.46. The summed E-state index contributed by atoms with van der Waals surface area (Å²) in [6.07, 6.45) is 52.9. The minimum absolute atomic E-state index is 0.000663. The summed E-state index contributed by atoms with van der Waals surface area (Å²) >= 11 is 0. The Hall–Kier alpha value is -2.13. The average Bonchev–Trinajstić information content (AvgIpc) is 3.04. The van der Waals surface area contributed by atoms with Gasteiger partial charge in [0.1, 0.15) is 6.10 Å². The van der Waals surface area contributed by atoms with E-state index in [1.807, 2.05) is 0 Å². The zero-order chi connectivity index (χ0) is 34.5. The highest BCUT2D eigenvalue weighted by atomic mass is 16.5. The molecule has 0 aromatic rings. The number of unbranched alkanes of at least 4 members (excludes halogenated alkanes) is 12. The molecule has 0 saturated heterocycles. The summed E-state index contributed by atoms with van der Waals surface area (Å²) in [6, 6.07) is 0. The number of nitrogens with zero attached hydrogens (tertiary/aromatic N) is 1. The first-order valence-electron chi connectivity index (χ1n) is 19.7. The molecule has 0 heterocycles. The monoisotopic (exact) mass is 652 g/mol. The first kappa shape index (κ1) is 44.9. The Kier molecular flexibility index (Phi) is 35.0. The zero-order valence-electron chi connectivity index (χ0n) is 31.9. The molecule has 0 aliphatic carbocycles. The van der Waals surface area contributed by atoms with E-state index in [4.69, 9.17) is 4.74 Å². The van der Waals surface area contributed by atoms with Crippen LogP contribution >= 0.6 is 0 Å². The molecule has 270 valence electrons. The quantitative estimate of drug-likeness (QED) is 0.0402. The largest absolute Gasteiger partial charge is 0.462 e. The molecule has 0 aliphatic heterocycles. The van der Waals surface area contributed by atoms with Crippen LogP contribution in [0.2, 0.25) is 0 Å². The molecule has 0 fully saturated rings. The smallest absolute Gasteiger partial charge is 0.306 e. The van der Waals surface area contributed by atoms with Gasteiger partial charge in [0.2, 0.25) is 0 Å². The van der Waals surface area contributed by atoms with Gasteiger partial charge in [0.25, 0.3) is 0 Å². The highest BCUT2D eigenvalue weighted by Gasteiger charge is 2.14. The lowest BCUT2D eigenvalue weighted by atomic mass is 10.0. The van der Waals surface area contributed by atoms with Crippen LogP contribution in [0.15, 0.2) is 72.4 Å². The van der Waals surface area contributed by atoms with Crippen molar-refractivity contribution in [1.82, 2.24) is 4.90 Å². The van der Waals surface area contributed by atoms with E-state index in [2.05, 4.69) is 107 Å². The Morgan fingerprint density at radius 2 is 1.04 bits per heavy atom. The number of rotatable bonds is 33. The van der Waals surface area contributed by atoms with E-state index >= 15 is 0 Å². The number of carbonyl (C=O) groups excluding carboxylic acids is 1. The van der Waals surface area contributed by atoms with Crippen LogP contribution < -0.4 is 0 Å². The third kappa shape index (κ3) is 36.6. The highest BCUT2D eigenvalue weighted by Crippen LogP contribution is 2.18. The second-order valence-corrected chi connectivity index (χ2v) is 13.6. The number of hydrogen-bond donors (Lipinski definition) is 0. The molecule has 0 aromatic heterocycles. The van der Waals surface area contributed by atoms with Gasteiger partial charge >= 0.3 is 5.97 Å². The molecule has 0 spiro atoms. The van der Waals surface area contributed by atoms with Gasteiger partial charge in [-0.1, -0.05) is 138 Å². The van der Waals surface area contributed by atoms with E-state index in [9.17, 15) is 4.79 Å². The van der Waals surface area contributed by atoms with Crippen molar-refractivity contribution in [2.75, 3.05) is 20.6 Å². The molecule has 0 bridgehead atoms. The van der Waals surface area contributed by atoms with E-state index in [0.29, 0.717) is 6.42 Å². The molecule has 3 heteroatoms. The molecule has 1 atom stereocenters. The van der Waals surface area contributed by atoms with Gasteiger partial charge in [-0.3, -0.25) is 4.79 Å². The topological polar surface area (TPSA) is 29.5 Å². The average molecular weight is 652 g/mol. The van der Waals surface area contributed by atoms with E-state index < -0.39 is 0 Å². The molecular formula is C44H77NO2. The lowest BCUT2D eigenvalue weighted by molar-refractivity contribution is -0.150. The van der Waals surface area contributed by atoms with Crippen LogP contribution in [0.25, 0.3) is 0 Å². The van der Waals surface area contributed by atoms with E-state index in [0.717, 1.165) is 64.3 Å². The highest BCUT2D eigenvalue weighted by molar-refractivity contribution is 5.69. The maximum Gasteiger partial charge on any atom is 0.306 e. The van der Waals surface area contributed by atoms with Crippen molar-refractivity contribution in [3.05, 3.63) is 72.4 Å². The van der Waals surface area contributed by atoms with Gasteiger partial charge in [-0.15, -0.1) is 0 Å². The summed E-state index contributed by atoms with van der Waals surface area (Å²) in [5.41, 5.74) is 1.46. The lowest BCUT2D eigenvalue weighted by Gasteiger charge is -2.18. The Morgan fingerprint density at radius 1 is 0.574 bits per heavy atom. The molecule has 1 unspecified atom stereocenters. The lowest BCUT2D eigenvalue weighted by Crippen LogP contribution is -2.20. The van der Waals surface area contributed by atoms with Gasteiger partial charge in [0.15, 0.2) is 0 Å². The first-order chi connectivity index (χ1) is 23.0. The van der Waals surface area contributed by atoms with Gasteiger partial charge in [-0.05, 0) is 124 Å².